The van der Waals surface area contributed by atoms with Crippen molar-refractivity contribution in [2.45, 2.75) is 19.0 Å². The molecule has 3 aromatic heterocycles. The van der Waals surface area contributed by atoms with Crippen LogP contribution in [-0.2, 0) is 19.6 Å². The summed E-state index contributed by atoms with van der Waals surface area (Å²) in [5.74, 6) is -0.0309. The van der Waals surface area contributed by atoms with Gasteiger partial charge in [0.2, 0.25) is 5.82 Å². The molecule has 0 unspecified atom stereocenters. The lowest BCUT2D eigenvalue weighted by Gasteiger charge is -2.11. The molecular weight excluding hydrogens is 405 g/mol. The summed E-state index contributed by atoms with van der Waals surface area (Å²) in [7, 11) is 2.00. The van der Waals surface area contributed by atoms with Gasteiger partial charge in [0.25, 0.3) is 0 Å². The van der Waals surface area contributed by atoms with Crippen molar-refractivity contribution in [3.63, 3.8) is 0 Å². The first-order valence-corrected chi connectivity index (χ1v) is 9.91. The molecule has 0 bridgehead atoms. The smallest absolute Gasteiger partial charge is 0.384 e. The van der Waals surface area contributed by atoms with E-state index in [0.717, 1.165) is 45.2 Å². The highest BCUT2D eigenvalue weighted by Gasteiger charge is 2.37. The number of benzene rings is 2. The molecule has 31 heavy (non-hydrogen) atoms. The molecule has 0 radical (unpaired) electrons. The van der Waals surface area contributed by atoms with Crippen molar-refractivity contribution in [2.24, 2.45) is 7.05 Å². The standard InChI is InChI=1S/C22H19F3N6/c1-30-17-9-3-2-7-15(17)27-18(30)10-5-12-26-16-8-4-6-14-11-13-31-20(19(14)16)28-29-21(31)22(23,24)25/h2-4,6-9,11,13,26H,5,10,12H2,1H3. The topological polar surface area (TPSA) is 60.0 Å². The van der Waals surface area contributed by atoms with Gasteiger partial charge in [0.05, 0.1) is 16.4 Å². The molecule has 0 saturated carbocycles. The monoisotopic (exact) mass is 424 g/mol. The van der Waals surface area contributed by atoms with E-state index >= 15 is 0 Å². The lowest BCUT2D eigenvalue weighted by Crippen LogP contribution is -2.10. The summed E-state index contributed by atoms with van der Waals surface area (Å²) in [6, 6.07) is 15.2. The molecule has 0 spiro atoms. The van der Waals surface area contributed by atoms with Crippen LogP contribution in [0.25, 0.3) is 27.5 Å². The van der Waals surface area contributed by atoms with Gasteiger partial charge in [-0.1, -0.05) is 24.3 Å². The molecule has 0 fully saturated rings. The number of hydrogen-bond donors (Lipinski definition) is 1. The zero-order chi connectivity index (χ0) is 21.6. The fourth-order valence-electron chi connectivity index (χ4n) is 3.95. The van der Waals surface area contributed by atoms with E-state index < -0.39 is 12.0 Å². The molecule has 0 aliphatic carbocycles. The van der Waals surface area contributed by atoms with Crippen LogP contribution in [0.5, 0.6) is 0 Å². The van der Waals surface area contributed by atoms with Crippen LogP contribution in [0, 0.1) is 0 Å². The zero-order valence-electron chi connectivity index (χ0n) is 16.7. The Hall–Kier alpha value is -3.62. The Labute approximate surface area is 175 Å². The number of aryl methyl sites for hydroxylation is 2. The minimum absolute atomic E-state index is 0.184. The predicted octanol–water partition coefficient (Wildman–Crippen LogP) is 4.83. The number of hydrogen-bond acceptors (Lipinski definition) is 4. The summed E-state index contributed by atoms with van der Waals surface area (Å²) in [4.78, 5) is 4.68. The Bertz CT molecular complexity index is 1400. The van der Waals surface area contributed by atoms with E-state index in [2.05, 4.69) is 25.1 Å². The second-order valence-electron chi connectivity index (χ2n) is 7.41. The molecular formula is C22H19F3N6. The first-order valence-electron chi connectivity index (χ1n) is 9.91. The van der Waals surface area contributed by atoms with Crippen molar-refractivity contribution >= 4 is 33.1 Å². The van der Waals surface area contributed by atoms with Gasteiger partial charge in [-0.25, -0.2) is 4.98 Å². The third kappa shape index (κ3) is 3.35. The number of alkyl halides is 3. The third-order valence-electron chi connectivity index (χ3n) is 5.45. The van der Waals surface area contributed by atoms with E-state index in [1.807, 2.05) is 49.5 Å². The van der Waals surface area contributed by atoms with Gasteiger partial charge in [-0.15, -0.1) is 10.2 Å². The average Bonchev–Trinajstić information content (AvgIpc) is 3.33. The second kappa shape index (κ2) is 7.26. The largest absolute Gasteiger partial charge is 0.452 e. The molecule has 9 heteroatoms. The summed E-state index contributed by atoms with van der Waals surface area (Å²) in [5.41, 5.74) is 2.98. The van der Waals surface area contributed by atoms with Gasteiger partial charge in [0.15, 0.2) is 5.65 Å². The minimum Gasteiger partial charge on any atom is -0.384 e. The molecule has 0 aliphatic rings. The Morgan fingerprint density at radius 3 is 2.65 bits per heavy atom. The maximum atomic E-state index is 13.2. The van der Waals surface area contributed by atoms with Crippen LogP contribution in [0.2, 0.25) is 0 Å². The highest BCUT2D eigenvalue weighted by Crippen LogP contribution is 2.32. The van der Waals surface area contributed by atoms with Gasteiger partial charge in [0.1, 0.15) is 5.82 Å². The van der Waals surface area contributed by atoms with Crippen LogP contribution >= 0.6 is 0 Å². The number of anilines is 1. The fourth-order valence-corrected chi connectivity index (χ4v) is 3.95. The molecule has 0 amide bonds. The minimum atomic E-state index is -4.57. The normalized spacial score (nSPS) is 12.3. The second-order valence-corrected chi connectivity index (χ2v) is 7.41. The van der Waals surface area contributed by atoms with Gasteiger partial charge in [-0.2, -0.15) is 13.2 Å². The van der Waals surface area contributed by atoms with Crippen LogP contribution < -0.4 is 5.32 Å². The molecule has 2 aromatic carbocycles. The summed E-state index contributed by atoms with van der Waals surface area (Å²) in [5, 5.41) is 12.0. The maximum absolute atomic E-state index is 13.2. The molecule has 5 rings (SSSR count). The first kappa shape index (κ1) is 19.3. The molecule has 6 nitrogen and oxygen atoms in total. The van der Waals surface area contributed by atoms with Crippen molar-refractivity contribution in [2.75, 3.05) is 11.9 Å². The van der Waals surface area contributed by atoms with E-state index in [-0.39, 0.29) is 5.65 Å². The van der Waals surface area contributed by atoms with Crippen LogP contribution in [0.4, 0.5) is 18.9 Å². The van der Waals surface area contributed by atoms with Crippen LogP contribution in [0.1, 0.15) is 18.1 Å². The number of rotatable bonds is 5. The van der Waals surface area contributed by atoms with Crippen molar-refractivity contribution in [1.29, 1.82) is 0 Å². The van der Waals surface area contributed by atoms with Crippen molar-refractivity contribution in [3.8, 4) is 0 Å². The summed E-state index contributed by atoms with van der Waals surface area (Å²) < 4.78 is 42.8. The zero-order valence-corrected chi connectivity index (χ0v) is 16.7. The van der Waals surface area contributed by atoms with E-state index in [1.54, 1.807) is 6.07 Å². The van der Waals surface area contributed by atoms with E-state index in [1.165, 1.54) is 6.20 Å². The number of fused-ring (bicyclic) bond motifs is 4. The van der Waals surface area contributed by atoms with Gasteiger partial charge in [-0.05, 0) is 36.1 Å². The summed E-state index contributed by atoms with van der Waals surface area (Å²) >= 11 is 0. The molecule has 0 atom stereocenters. The number of nitrogens with zero attached hydrogens (tertiary/aromatic N) is 5. The molecule has 0 aliphatic heterocycles. The van der Waals surface area contributed by atoms with E-state index in [0.29, 0.717) is 11.9 Å². The molecule has 3 heterocycles. The lowest BCUT2D eigenvalue weighted by atomic mass is 10.1. The Morgan fingerprint density at radius 2 is 1.84 bits per heavy atom. The highest BCUT2D eigenvalue weighted by atomic mass is 19.4. The van der Waals surface area contributed by atoms with Crippen molar-refractivity contribution in [1.82, 2.24) is 24.1 Å². The number of aromatic nitrogens is 5. The van der Waals surface area contributed by atoms with Crippen molar-refractivity contribution in [3.05, 3.63) is 66.4 Å². The van der Waals surface area contributed by atoms with Gasteiger partial charge < -0.3 is 9.88 Å². The van der Waals surface area contributed by atoms with E-state index in [9.17, 15) is 13.2 Å². The lowest BCUT2D eigenvalue weighted by molar-refractivity contribution is -0.145. The fraction of sp³-hybridized carbons (Fsp3) is 0.227. The van der Waals surface area contributed by atoms with Crippen LogP contribution in [0.15, 0.2) is 54.7 Å². The maximum Gasteiger partial charge on any atom is 0.452 e. The van der Waals surface area contributed by atoms with E-state index in [4.69, 9.17) is 0 Å². The number of pyridine rings is 1. The average molecular weight is 424 g/mol. The van der Waals surface area contributed by atoms with Crippen LogP contribution in [-0.4, -0.2) is 30.7 Å². The van der Waals surface area contributed by atoms with Crippen molar-refractivity contribution < 1.29 is 13.2 Å². The number of halogens is 3. The van der Waals surface area contributed by atoms with Crippen LogP contribution in [0.3, 0.4) is 0 Å². The van der Waals surface area contributed by atoms with Gasteiger partial charge in [0, 0.05) is 31.9 Å². The summed E-state index contributed by atoms with van der Waals surface area (Å²) in [6.45, 7) is 0.642. The number of para-hydroxylation sites is 2. The first-order chi connectivity index (χ1) is 14.9. The molecule has 5 aromatic rings. The Kier molecular flexibility index (Phi) is 4.53. The molecule has 1 N–H and O–H groups in total. The predicted molar refractivity (Wildman–Crippen MR) is 113 cm³/mol. The summed E-state index contributed by atoms with van der Waals surface area (Å²) in [6.07, 6.45) is -1.62. The third-order valence-corrected chi connectivity index (χ3v) is 5.45. The number of nitrogens with one attached hydrogen (secondary N) is 1. The Balaban J connectivity index is 1.39. The molecule has 158 valence electrons. The SMILES string of the molecule is Cn1c(CCCNc2cccc3ccn4c(C(F)(F)F)nnc4c23)nc2ccccc21. The van der Waals surface area contributed by atoms with Gasteiger partial charge >= 0.3 is 6.18 Å². The molecule has 0 saturated heterocycles. The van der Waals surface area contributed by atoms with Gasteiger partial charge in [-0.3, -0.25) is 4.40 Å². The highest BCUT2D eigenvalue weighted by molar-refractivity contribution is 6.03. The Morgan fingerprint density at radius 1 is 1.00 bits per heavy atom. The number of imidazole rings is 1. The quantitative estimate of drug-likeness (QED) is 0.411.